The van der Waals surface area contributed by atoms with Crippen LogP contribution in [0.3, 0.4) is 0 Å². The Morgan fingerprint density at radius 3 is 1.30 bits per heavy atom. The Morgan fingerprint density at radius 2 is 0.795 bits per heavy atom. The highest BCUT2D eigenvalue weighted by Gasteiger charge is 2.54. The Bertz CT molecular complexity index is 3350. The van der Waals surface area contributed by atoms with Crippen molar-refractivity contribution in [3.63, 3.8) is 0 Å². The fraction of sp³-hybridized carbons (Fsp3) is 0.250. The number of oxazole rings is 1. The molecule has 1 unspecified atom stereocenters. The Labute approximate surface area is 486 Å². The smallest absolute Gasteiger partial charge is 0.338 e. The van der Waals surface area contributed by atoms with Crippen molar-refractivity contribution in [2.24, 2.45) is 0 Å². The standard InChI is InChI=1S/C68H63NO13S/c70-64(52-34-18-6-19-35-52)81-59-57(79-67(83-68-69-54-38-22-23-39-55(54)80-68)63(76-44-51-32-16-5-17-33-51)61(59)82-65(71)53-36-20-7-21-37-53)46-77-66-62(75-43-50-30-14-4-15-31-50)60(74-42-49-28-12-3-13-29-49)58(73-41-48-26-10-2-11-27-48)56(78-66)45-72-40-47-24-8-1-9-25-47/h1-39,56-63,66-67H,40-46H2/t56-,57-,58-,59-,60+,61+,62-,63-,66?,67+/m1/s1. The van der Waals surface area contributed by atoms with E-state index in [1.54, 1.807) is 60.7 Å². The van der Waals surface area contributed by atoms with Gasteiger partial charge in [0.25, 0.3) is 5.22 Å². The van der Waals surface area contributed by atoms with Gasteiger partial charge < -0.3 is 51.8 Å². The third kappa shape index (κ3) is 15.5. The first-order chi connectivity index (χ1) is 41.0. The molecular formula is C68H63NO13S. The first-order valence-corrected chi connectivity index (χ1v) is 28.6. The molecule has 0 aliphatic carbocycles. The zero-order valence-electron chi connectivity index (χ0n) is 45.4. The fourth-order valence-electron chi connectivity index (χ4n) is 9.93. The van der Waals surface area contributed by atoms with Crippen molar-refractivity contribution in [1.29, 1.82) is 0 Å². The van der Waals surface area contributed by atoms with Gasteiger partial charge in [0, 0.05) is 0 Å². The minimum Gasteiger partial charge on any atom is -0.452 e. The largest absolute Gasteiger partial charge is 0.452 e. The van der Waals surface area contributed by atoms with Gasteiger partial charge in [0.05, 0.1) is 57.4 Å². The van der Waals surface area contributed by atoms with Crippen molar-refractivity contribution in [3.05, 3.63) is 276 Å². The quantitative estimate of drug-likeness (QED) is 0.0499. The Morgan fingerprint density at radius 1 is 0.386 bits per heavy atom. The average molecular weight is 1130 g/mol. The maximum atomic E-state index is 14.6. The topological polar surface area (TPSA) is 152 Å². The van der Waals surface area contributed by atoms with Crippen molar-refractivity contribution in [1.82, 2.24) is 4.98 Å². The van der Waals surface area contributed by atoms with Crippen molar-refractivity contribution >= 4 is 34.8 Å². The molecule has 11 rings (SSSR count). The third-order valence-electron chi connectivity index (χ3n) is 14.1. The summed E-state index contributed by atoms with van der Waals surface area (Å²) in [5.74, 6) is -1.38. The summed E-state index contributed by atoms with van der Waals surface area (Å²) < 4.78 is 75.1. The molecular weight excluding hydrogens is 1070 g/mol. The summed E-state index contributed by atoms with van der Waals surface area (Å²) >= 11 is 1.14. The van der Waals surface area contributed by atoms with Gasteiger partial charge in [-0.25, -0.2) is 14.6 Å². The summed E-state index contributed by atoms with van der Waals surface area (Å²) in [7, 11) is 0. The molecule has 15 heteroatoms. The lowest BCUT2D eigenvalue weighted by atomic mass is 9.97. The Hall–Kier alpha value is -7.80. The number of carbonyl (C=O) groups is 2. The molecule has 10 atom stereocenters. The summed E-state index contributed by atoms with van der Waals surface area (Å²) in [5, 5.41) is 0.264. The summed E-state index contributed by atoms with van der Waals surface area (Å²) in [5.41, 5.74) is 5.28. The van der Waals surface area contributed by atoms with Crippen LogP contribution in [-0.2, 0) is 80.4 Å². The molecule has 14 nitrogen and oxygen atoms in total. The number of ether oxygens (including phenoxy) is 10. The molecule has 0 spiro atoms. The van der Waals surface area contributed by atoms with Crippen LogP contribution < -0.4 is 0 Å². The van der Waals surface area contributed by atoms with Gasteiger partial charge in [0.2, 0.25) is 0 Å². The van der Waals surface area contributed by atoms with Crippen molar-refractivity contribution in [2.75, 3.05) is 13.2 Å². The lowest BCUT2D eigenvalue weighted by Crippen LogP contribution is -2.63. The molecule has 1 aromatic heterocycles. The molecule has 0 amide bonds. The summed E-state index contributed by atoms with van der Waals surface area (Å²) in [6, 6.07) is 73.6. The zero-order chi connectivity index (χ0) is 56.4. The van der Waals surface area contributed by atoms with Crippen molar-refractivity contribution < 1.29 is 61.4 Å². The van der Waals surface area contributed by atoms with E-state index in [1.165, 1.54) is 0 Å². The normalized spacial score (nSPS) is 22.4. The van der Waals surface area contributed by atoms with Gasteiger partial charge in [-0.2, -0.15) is 0 Å². The highest BCUT2D eigenvalue weighted by molar-refractivity contribution is 7.99. The SMILES string of the molecule is O=C(O[C@@H]1[C@@H](OCc2ccccc2)[C@H](Sc2nc3ccccc3o2)O[C@H](COC2O[C@H](COCc3ccccc3)[C@@H](OCc3ccccc3)[C@H](OCc3ccccc3)[C@H]2OCc2ccccc2)[C@H]1OC(=O)c1ccccc1)c1ccccc1. The second kappa shape index (κ2) is 28.9. The second-order valence-electron chi connectivity index (χ2n) is 20.0. The van der Waals surface area contributed by atoms with E-state index < -0.39 is 72.5 Å². The maximum absolute atomic E-state index is 14.6. The predicted molar refractivity (Wildman–Crippen MR) is 311 cm³/mol. The minimum absolute atomic E-state index is 0.0708. The molecule has 2 aliphatic rings. The number of fused-ring (bicyclic) bond motifs is 1. The fourth-order valence-corrected chi connectivity index (χ4v) is 11.0. The molecule has 0 radical (unpaired) electrons. The van der Waals surface area contributed by atoms with Crippen LogP contribution in [0.2, 0.25) is 0 Å². The molecule has 2 saturated heterocycles. The number of nitrogens with zero attached hydrogens (tertiary/aromatic N) is 1. The molecule has 83 heavy (non-hydrogen) atoms. The zero-order valence-corrected chi connectivity index (χ0v) is 46.2. The number of aromatic nitrogens is 1. The van der Waals surface area contributed by atoms with Gasteiger partial charge in [-0.15, -0.1) is 0 Å². The van der Waals surface area contributed by atoms with E-state index in [-0.39, 0.29) is 56.0 Å². The van der Waals surface area contributed by atoms with Crippen LogP contribution in [-0.4, -0.2) is 90.7 Å². The van der Waals surface area contributed by atoms with Gasteiger partial charge in [0.1, 0.15) is 47.6 Å². The molecule has 3 heterocycles. The summed E-state index contributed by atoms with van der Waals surface area (Å²) in [4.78, 5) is 33.9. The van der Waals surface area contributed by atoms with E-state index in [1.807, 2.05) is 176 Å². The highest BCUT2D eigenvalue weighted by atomic mass is 32.2. The lowest BCUT2D eigenvalue weighted by Gasteiger charge is -2.47. The van der Waals surface area contributed by atoms with E-state index in [9.17, 15) is 9.59 Å². The van der Waals surface area contributed by atoms with Gasteiger partial charge in [-0.3, -0.25) is 0 Å². The first-order valence-electron chi connectivity index (χ1n) is 27.7. The number of thioether (sulfide) groups is 1. The van der Waals surface area contributed by atoms with Gasteiger partial charge in [0.15, 0.2) is 24.1 Å². The monoisotopic (exact) mass is 1130 g/mol. The Kier molecular flexibility index (Phi) is 19.9. The van der Waals surface area contributed by atoms with E-state index in [2.05, 4.69) is 0 Å². The highest BCUT2D eigenvalue weighted by Crippen LogP contribution is 2.40. The van der Waals surface area contributed by atoms with Crippen molar-refractivity contribution in [2.45, 2.75) is 98.8 Å². The van der Waals surface area contributed by atoms with Crippen LogP contribution in [0.15, 0.2) is 246 Å². The molecule has 0 bridgehead atoms. The average Bonchev–Trinajstić information content (AvgIpc) is 4.06. The third-order valence-corrected chi connectivity index (χ3v) is 15.1. The van der Waals surface area contributed by atoms with E-state index in [0.29, 0.717) is 17.7 Å². The van der Waals surface area contributed by atoms with Crippen LogP contribution in [0.25, 0.3) is 11.1 Å². The second-order valence-corrected chi connectivity index (χ2v) is 21.1. The molecule has 2 aliphatic heterocycles. The van der Waals surface area contributed by atoms with Crippen LogP contribution in [0.1, 0.15) is 48.5 Å². The number of hydrogen-bond donors (Lipinski definition) is 0. The molecule has 2 fully saturated rings. The van der Waals surface area contributed by atoms with Crippen LogP contribution in [0, 0.1) is 0 Å². The number of rotatable bonds is 25. The van der Waals surface area contributed by atoms with Crippen LogP contribution >= 0.6 is 11.8 Å². The molecule has 424 valence electrons. The van der Waals surface area contributed by atoms with Gasteiger partial charge in [-0.1, -0.05) is 200 Å². The van der Waals surface area contributed by atoms with E-state index in [4.69, 9.17) is 56.8 Å². The first kappa shape index (κ1) is 57.0. The van der Waals surface area contributed by atoms with Gasteiger partial charge in [-0.05, 0) is 76.0 Å². The van der Waals surface area contributed by atoms with E-state index >= 15 is 0 Å². The number of hydrogen-bond acceptors (Lipinski definition) is 15. The summed E-state index contributed by atoms with van der Waals surface area (Å²) in [6.45, 7) is 0.705. The number of para-hydroxylation sites is 2. The molecule has 0 N–H and O–H groups in total. The summed E-state index contributed by atoms with van der Waals surface area (Å²) in [6.07, 6.45) is -9.51. The molecule has 8 aromatic carbocycles. The molecule has 9 aromatic rings. The predicted octanol–water partition coefficient (Wildman–Crippen LogP) is 12.4. The van der Waals surface area contributed by atoms with Crippen molar-refractivity contribution in [3.8, 4) is 0 Å². The number of esters is 2. The van der Waals surface area contributed by atoms with Crippen LogP contribution in [0.4, 0.5) is 0 Å². The van der Waals surface area contributed by atoms with Gasteiger partial charge >= 0.3 is 11.9 Å². The number of benzene rings is 8. The minimum atomic E-state index is -1.36. The molecule has 0 saturated carbocycles. The van der Waals surface area contributed by atoms with E-state index in [0.717, 1.165) is 39.6 Å². The number of carbonyl (C=O) groups excluding carboxylic acids is 2. The lowest BCUT2D eigenvalue weighted by molar-refractivity contribution is -0.335. The Balaban J connectivity index is 0.984. The maximum Gasteiger partial charge on any atom is 0.338 e. The van der Waals surface area contributed by atoms with Crippen LogP contribution in [0.5, 0.6) is 0 Å².